The van der Waals surface area contributed by atoms with Crippen molar-refractivity contribution >= 4 is 23.1 Å². The molecule has 2 rings (SSSR count). The zero-order valence-electron chi connectivity index (χ0n) is 12.5. The Hall–Kier alpha value is -1.62. The van der Waals surface area contributed by atoms with Crippen LogP contribution in [0.25, 0.3) is 0 Å². The number of hydrogen-bond acceptors (Lipinski definition) is 3. The average Bonchev–Trinajstić information content (AvgIpc) is 2.43. The fourth-order valence-corrected chi connectivity index (χ4v) is 3.21. The summed E-state index contributed by atoms with van der Waals surface area (Å²) < 4.78 is 5.19. The third-order valence-electron chi connectivity index (χ3n) is 4.13. The maximum Gasteiger partial charge on any atom is 0.233 e. The fraction of sp³-hybridized carbons (Fsp3) is 0.500. The number of ether oxygens (including phenoxy) is 1. The van der Waals surface area contributed by atoms with Gasteiger partial charge in [-0.2, -0.15) is 0 Å². The van der Waals surface area contributed by atoms with Gasteiger partial charge in [0.1, 0.15) is 5.75 Å². The Kier molecular flexibility index (Phi) is 4.83. The average molecular weight is 306 g/mol. The number of rotatable bonds is 6. The topological polar surface area (TPSA) is 64.3 Å². The van der Waals surface area contributed by atoms with E-state index in [4.69, 9.17) is 22.7 Å². The van der Waals surface area contributed by atoms with E-state index in [-0.39, 0.29) is 5.91 Å². The summed E-state index contributed by atoms with van der Waals surface area (Å²) in [7, 11) is 1.64. The van der Waals surface area contributed by atoms with Crippen molar-refractivity contribution < 1.29 is 9.53 Å². The van der Waals surface area contributed by atoms with E-state index < -0.39 is 5.41 Å². The standard InChI is InChI=1S/C16H22N2O2S/c1-11-9-16(10-11,14(17)21)15(19)18-7-6-12-4-3-5-13(8-12)20-2/h3-5,8,11H,6-7,9-10H2,1-2H3,(H2,17,21)(H,18,19). The van der Waals surface area contributed by atoms with E-state index in [1.165, 1.54) is 0 Å². The molecule has 3 N–H and O–H groups in total. The van der Waals surface area contributed by atoms with E-state index >= 15 is 0 Å². The number of benzene rings is 1. The first-order valence-electron chi connectivity index (χ1n) is 7.19. The highest BCUT2D eigenvalue weighted by Gasteiger charge is 2.50. The van der Waals surface area contributed by atoms with Gasteiger partial charge in [-0.3, -0.25) is 4.79 Å². The lowest BCUT2D eigenvalue weighted by atomic mass is 9.62. The molecule has 1 saturated carbocycles. The highest BCUT2D eigenvalue weighted by atomic mass is 32.1. The van der Waals surface area contributed by atoms with Gasteiger partial charge < -0.3 is 15.8 Å². The summed E-state index contributed by atoms with van der Waals surface area (Å²) in [6, 6.07) is 7.84. The maximum atomic E-state index is 12.3. The number of thiocarbonyl (C=S) groups is 1. The number of carbonyl (C=O) groups is 1. The minimum absolute atomic E-state index is 0.0315. The summed E-state index contributed by atoms with van der Waals surface area (Å²) in [4.78, 5) is 12.7. The molecule has 0 heterocycles. The molecule has 1 aromatic rings. The Labute approximate surface area is 131 Å². The highest BCUT2D eigenvalue weighted by molar-refractivity contribution is 7.80. The molecule has 0 bridgehead atoms. The van der Waals surface area contributed by atoms with Gasteiger partial charge in [0.15, 0.2) is 0 Å². The molecule has 1 aliphatic carbocycles. The third-order valence-corrected chi connectivity index (χ3v) is 4.52. The van der Waals surface area contributed by atoms with E-state index in [1.54, 1.807) is 7.11 Å². The lowest BCUT2D eigenvalue weighted by Crippen LogP contribution is -2.56. The number of nitrogens with two attached hydrogens (primary N) is 1. The van der Waals surface area contributed by atoms with Crippen LogP contribution in [0.5, 0.6) is 5.75 Å². The second kappa shape index (κ2) is 6.43. The molecule has 1 amide bonds. The molecule has 21 heavy (non-hydrogen) atoms. The molecule has 114 valence electrons. The lowest BCUT2D eigenvalue weighted by molar-refractivity contribution is -0.132. The van der Waals surface area contributed by atoms with Crippen LogP contribution in [-0.2, 0) is 11.2 Å². The van der Waals surface area contributed by atoms with Crippen molar-refractivity contribution in [1.82, 2.24) is 5.32 Å². The van der Waals surface area contributed by atoms with Crippen molar-refractivity contribution in [1.29, 1.82) is 0 Å². The molecule has 0 aliphatic heterocycles. The molecule has 0 aromatic heterocycles. The Morgan fingerprint density at radius 3 is 2.81 bits per heavy atom. The van der Waals surface area contributed by atoms with Gasteiger partial charge in [0.25, 0.3) is 0 Å². The van der Waals surface area contributed by atoms with Crippen molar-refractivity contribution in [3.63, 3.8) is 0 Å². The molecule has 1 fully saturated rings. The maximum absolute atomic E-state index is 12.3. The number of nitrogens with one attached hydrogen (secondary N) is 1. The Morgan fingerprint density at radius 1 is 1.52 bits per heavy atom. The van der Waals surface area contributed by atoms with Crippen LogP contribution in [0.3, 0.4) is 0 Å². The van der Waals surface area contributed by atoms with Crippen molar-refractivity contribution in [3.8, 4) is 5.75 Å². The molecular formula is C16H22N2O2S. The van der Waals surface area contributed by atoms with Crippen LogP contribution < -0.4 is 15.8 Å². The van der Waals surface area contributed by atoms with E-state index in [0.29, 0.717) is 17.5 Å². The summed E-state index contributed by atoms with van der Waals surface area (Å²) in [5.74, 6) is 1.30. The van der Waals surface area contributed by atoms with Gasteiger partial charge in [0, 0.05) is 6.54 Å². The number of amides is 1. The summed E-state index contributed by atoms with van der Waals surface area (Å²) >= 11 is 5.09. The number of methoxy groups -OCH3 is 1. The Bertz CT molecular complexity index is 539. The van der Waals surface area contributed by atoms with Gasteiger partial charge in [-0.15, -0.1) is 0 Å². The summed E-state index contributed by atoms with van der Waals surface area (Å²) in [6.45, 7) is 2.69. The molecule has 0 atom stereocenters. The molecule has 4 nitrogen and oxygen atoms in total. The van der Waals surface area contributed by atoms with Crippen molar-refractivity contribution in [2.24, 2.45) is 17.1 Å². The second-order valence-electron chi connectivity index (χ2n) is 5.82. The van der Waals surface area contributed by atoms with E-state index in [1.807, 2.05) is 24.3 Å². The molecule has 0 unspecified atom stereocenters. The first kappa shape index (κ1) is 15.8. The van der Waals surface area contributed by atoms with Crippen molar-refractivity contribution in [2.45, 2.75) is 26.2 Å². The molecule has 5 heteroatoms. The summed E-state index contributed by atoms with van der Waals surface area (Å²) in [5.41, 5.74) is 6.27. The first-order chi connectivity index (χ1) is 9.98. The number of carbonyl (C=O) groups excluding carboxylic acids is 1. The van der Waals surface area contributed by atoms with Crippen LogP contribution in [0.2, 0.25) is 0 Å². The Balaban J connectivity index is 1.88. The monoisotopic (exact) mass is 306 g/mol. The third kappa shape index (κ3) is 3.35. The first-order valence-corrected chi connectivity index (χ1v) is 7.60. The zero-order chi connectivity index (χ0) is 15.5. The second-order valence-corrected chi connectivity index (χ2v) is 6.26. The van der Waals surface area contributed by atoms with Crippen LogP contribution in [0.4, 0.5) is 0 Å². The van der Waals surface area contributed by atoms with Gasteiger partial charge in [0.05, 0.1) is 17.5 Å². The molecule has 0 spiro atoms. The van der Waals surface area contributed by atoms with E-state index in [2.05, 4.69) is 12.2 Å². The Morgan fingerprint density at radius 2 is 2.24 bits per heavy atom. The van der Waals surface area contributed by atoms with Crippen molar-refractivity contribution in [3.05, 3.63) is 29.8 Å². The van der Waals surface area contributed by atoms with Gasteiger partial charge in [0.2, 0.25) is 5.91 Å². The smallest absolute Gasteiger partial charge is 0.233 e. The highest BCUT2D eigenvalue weighted by Crippen LogP contribution is 2.45. The minimum atomic E-state index is -0.622. The van der Waals surface area contributed by atoms with E-state index in [0.717, 1.165) is 30.6 Å². The largest absolute Gasteiger partial charge is 0.497 e. The van der Waals surface area contributed by atoms with Gasteiger partial charge >= 0.3 is 0 Å². The van der Waals surface area contributed by atoms with Crippen molar-refractivity contribution in [2.75, 3.05) is 13.7 Å². The molecule has 1 aromatic carbocycles. The molecule has 1 aliphatic rings. The van der Waals surface area contributed by atoms with Gasteiger partial charge in [-0.1, -0.05) is 31.3 Å². The van der Waals surface area contributed by atoms with Gasteiger partial charge in [-0.25, -0.2) is 0 Å². The molecule has 0 saturated heterocycles. The minimum Gasteiger partial charge on any atom is -0.497 e. The van der Waals surface area contributed by atoms with Crippen LogP contribution in [0.15, 0.2) is 24.3 Å². The zero-order valence-corrected chi connectivity index (χ0v) is 13.3. The molecule has 0 radical (unpaired) electrons. The van der Waals surface area contributed by atoms with Crippen LogP contribution in [0, 0.1) is 11.3 Å². The summed E-state index contributed by atoms with van der Waals surface area (Å²) in [5, 5.41) is 2.97. The summed E-state index contributed by atoms with van der Waals surface area (Å²) in [6.07, 6.45) is 2.27. The normalized spacial score (nSPS) is 24.0. The van der Waals surface area contributed by atoms with Crippen LogP contribution >= 0.6 is 12.2 Å². The lowest BCUT2D eigenvalue weighted by Gasteiger charge is -2.44. The number of hydrogen-bond donors (Lipinski definition) is 2. The van der Waals surface area contributed by atoms with Gasteiger partial charge in [-0.05, 0) is 42.9 Å². The fourth-order valence-electron chi connectivity index (χ4n) is 2.95. The molecular weight excluding hydrogens is 284 g/mol. The predicted molar refractivity (Wildman–Crippen MR) is 87.3 cm³/mol. The van der Waals surface area contributed by atoms with E-state index in [9.17, 15) is 4.79 Å². The predicted octanol–water partition coefficient (Wildman–Crippen LogP) is 2.06. The SMILES string of the molecule is COc1cccc(CCNC(=O)C2(C(N)=S)CC(C)C2)c1. The van der Waals surface area contributed by atoms with Crippen LogP contribution in [-0.4, -0.2) is 24.6 Å². The quantitative estimate of drug-likeness (QED) is 0.790. The van der Waals surface area contributed by atoms with Crippen LogP contribution in [0.1, 0.15) is 25.3 Å².